The topological polar surface area (TPSA) is 87.7 Å². The summed E-state index contributed by atoms with van der Waals surface area (Å²) in [5.41, 5.74) is 4.51. The van der Waals surface area contributed by atoms with Crippen LogP contribution in [0.2, 0.25) is 0 Å². The molecule has 0 atom stereocenters. The number of amides is 2. The summed E-state index contributed by atoms with van der Waals surface area (Å²) in [6.07, 6.45) is -1.27. The molecule has 1 aromatic carbocycles. The molecule has 86 valence electrons. The van der Waals surface area contributed by atoms with Gasteiger partial charge in [0, 0.05) is 5.56 Å². The van der Waals surface area contributed by atoms with Crippen LogP contribution in [-0.2, 0) is 11.2 Å². The zero-order chi connectivity index (χ0) is 12.0. The molecule has 0 aliphatic heterocycles. The second-order valence-electron chi connectivity index (χ2n) is 2.97. The highest BCUT2D eigenvalue weighted by Crippen LogP contribution is 2.17. The number of hydrogen-bond donors (Lipinski definition) is 3. The number of hydrazine groups is 1. The third kappa shape index (κ3) is 3.49. The summed E-state index contributed by atoms with van der Waals surface area (Å²) < 4.78 is 5.06. The van der Waals surface area contributed by atoms with Crippen molar-refractivity contribution in [2.24, 2.45) is 0 Å². The molecule has 0 aliphatic rings. The van der Waals surface area contributed by atoms with E-state index < -0.39 is 12.0 Å². The Bertz CT molecular complexity index is 392. The van der Waals surface area contributed by atoms with Crippen LogP contribution in [0.15, 0.2) is 24.3 Å². The smallest absolute Gasteiger partial charge is 0.423 e. The number of rotatable bonds is 3. The van der Waals surface area contributed by atoms with E-state index in [1.54, 1.807) is 29.7 Å². The van der Waals surface area contributed by atoms with Crippen LogP contribution in [0, 0.1) is 0 Å². The molecular formula is C10H12N2O4. The van der Waals surface area contributed by atoms with Gasteiger partial charge in [-0.2, -0.15) is 0 Å². The second-order valence-corrected chi connectivity index (χ2v) is 2.97. The van der Waals surface area contributed by atoms with Crippen molar-refractivity contribution in [2.75, 3.05) is 7.11 Å². The third-order valence-electron chi connectivity index (χ3n) is 1.85. The average Bonchev–Trinajstić information content (AvgIpc) is 2.27. The van der Waals surface area contributed by atoms with Gasteiger partial charge in [-0.1, -0.05) is 18.2 Å². The fourth-order valence-electron chi connectivity index (χ4n) is 1.19. The van der Waals surface area contributed by atoms with E-state index in [1.807, 2.05) is 5.43 Å². The van der Waals surface area contributed by atoms with Crippen molar-refractivity contribution in [1.82, 2.24) is 10.9 Å². The van der Waals surface area contributed by atoms with Crippen LogP contribution < -0.4 is 15.6 Å². The average molecular weight is 224 g/mol. The van der Waals surface area contributed by atoms with Gasteiger partial charge in [-0.3, -0.25) is 10.2 Å². The minimum Gasteiger partial charge on any atom is -0.496 e. The molecule has 0 aliphatic carbocycles. The SMILES string of the molecule is COc1ccccc1CC(=O)NNC(=O)O. The number of ether oxygens (including phenoxy) is 1. The summed E-state index contributed by atoms with van der Waals surface area (Å²) in [6.45, 7) is 0. The summed E-state index contributed by atoms with van der Waals surface area (Å²) in [4.78, 5) is 21.4. The van der Waals surface area contributed by atoms with Gasteiger partial charge in [0.05, 0.1) is 13.5 Å². The number of nitrogens with one attached hydrogen (secondary N) is 2. The van der Waals surface area contributed by atoms with Gasteiger partial charge in [-0.25, -0.2) is 10.2 Å². The lowest BCUT2D eigenvalue weighted by Crippen LogP contribution is -2.41. The predicted octanol–water partition coefficient (Wildman–Crippen LogP) is 0.536. The van der Waals surface area contributed by atoms with Gasteiger partial charge in [0.1, 0.15) is 5.75 Å². The Morgan fingerprint density at radius 1 is 1.31 bits per heavy atom. The first-order valence-corrected chi connectivity index (χ1v) is 4.53. The quantitative estimate of drug-likeness (QED) is 0.654. The van der Waals surface area contributed by atoms with Crippen molar-refractivity contribution in [2.45, 2.75) is 6.42 Å². The van der Waals surface area contributed by atoms with Crippen molar-refractivity contribution in [3.05, 3.63) is 29.8 Å². The maximum Gasteiger partial charge on any atom is 0.423 e. The van der Waals surface area contributed by atoms with E-state index in [9.17, 15) is 9.59 Å². The maximum absolute atomic E-state index is 11.3. The minimum absolute atomic E-state index is 0.0459. The maximum atomic E-state index is 11.3. The molecule has 0 radical (unpaired) electrons. The normalized spacial score (nSPS) is 9.31. The van der Waals surface area contributed by atoms with E-state index in [0.29, 0.717) is 11.3 Å². The van der Waals surface area contributed by atoms with E-state index >= 15 is 0 Å². The van der Waals surface area contributed by atoms with Crippen LogP contribution >= 0.6 is 0 Å². The van der Waals surface area contributed by atoms with E-state index in [2.05, 4.69) is 0 Å². The standard InChI is InChI=1S/C10H12N2O4/c1-16-8-5-3-2-4-7(8)6-9(13)11-12-10(14)15/h2-5,12H,6H2,1H3,(H,11,13)(H,14,15). The molecule has 0 aromatic heterocycles. The van der Waals surface area contributed by atoms with Crippen molar-refractivity contribution in [3.63, 3.8) is 0 Å². The van der Waals surface area contributed by atoms with Crippen LogP contribution in [0.1, 0.15) is 5.56 Å². The van der Waals surface area contributed by atoms with Crippen molar-refractivity contribution >= 4 is 12.0 Å². The Kier molecular flexibility index (Phi) is 4.14. The van der Waals surface area contributed by atoms with Gasteiger partial charge < -0.3 is 9.84 Å². The van der Waals surface area contributed by atoms with E-state index in [0.717, 1.165) is 0 Å². The van der Waals surface area contributed by atoms with Crippen LogP contribution in [0.25, 0.3) is 0 Å². The molecule has 6 nitrogen and oxygen atoms in total. The van der Waals surface area contributed by atoms with Gasteiger partial charge in [0.2, 0.25) is 5.91 Å². The van der Waals surface area contributed by atoms with Crippen molar-refractivity contribution < 1.29 is 19.4 Å². The molecular weight excluding hydrogens is 212 g/mol. The Morgan fingerprint density at radius 2 is 2.00 bits per heavy atom. The zero-order valence-corrected chi connectivity index (χ0v) is 8.69. The fraction of sp³-hybridized carbons (Fsp3) is 0.200. The molecule has 6 heteroatoms. The number of carboxylic acid groups (broad SMARTS) is 1. The summed E-state index contributed by atoms with van der Waals surface area (Å²) in [5, 5.41) is 8.28. The summed E-state index contributed by atoms with van der Waals surface area (Å²) in [6, 6.07) is 7.03. The summed E-state index contributed by atoms with van der Waals surface area (Å²) in [7, 11) is 1.51. The minimum atomic E-state index is -1.31. The first-order valence-electron chi connectivity index (χ1n) is 4.53. The van der Waals surface area contributed by atoms with Gasteiger partial charge in [0.15, 0.2) is 0 Å². The lowest BCUT2D eigenvalue weighted by Gasteiger charge is -2.08. The lowest BCUT2D eigenvalue weighted by molar-refractivity contribution is -0.121. The number of benzene rings is 1. The Hall–Kier alpha value is -2.24. The van der Waals surface area contributed by atoms with Gasteiger partial charge in [-0.15, -0.1) is 0 Å². The predicted molar refractivity (Wildman–Crippen MR) is 56.0 cm³/mol. The van der Waals surface area contributed by atoms with E-state index in [4.69, 9.17) is 9.84 Å². The number of methoxy groups -OCH3 is 1. The largest absolute Gasteiger partial charge is 0.496 e. The Balaban J connectivity index is 2.58. The molecule has 0 saturated carbocycles. The number of para-hydroxylation sites is 1. The summed E-state index contributed by atoms with van der Waals surface area (Å²) >= 11 is 0. The zero-order valence-electron chi connectivity index (χ0n) is 8.69. The third-order valence-corrected chi connectivity index (χ3v) is 1.85. The van der Waals surface area contributed by atoms with Gasteiger partial charge in [-0.05, 0) is 6.07 Å². The molecule has 3 N–H and O–H groups in total. The van der Waals surface area contributed by atoms with Crippen molar-refractivity contribution in [3.8, 4) is 5.75 Å². The van der Waals surface area contributed by atoms with Crippen LogP contribution in [-0.4, -0.2) is 24.2 Å². The van der Waals surface area contributed by atoms with Crippen LogP contribution in [0.3, 0.4) is 0 Å². The first kappa shape index (κ1) is 11.8. The molecule has 0 bridgehead atoms. The van der Waals surface area contributed by atoms with Gasteiger partial charge >= 0.3 is 6.09 Å². The van der Waals surface area contributed by atoms with Crippen LogP contribution in [0.4, 0.5) is 4.79 Å². The summed E-state index contributed by atoms with van der Waals surface area (Å²) in [5.74, 6) is 0.139. The molecule has 1 rings (SSSR count). The van der Waals surface area contributed by atoms with Crippen LogP contribution in [0.5, 0.6) is 5.75 Å². The van der Waals surface area contributed by atoms with Gasteiger partial charge in [0.25, 0.3) is 0 Å². The monoisotopic (exact) mass is 224 g/mol. The lowest BCUT2D eigenvalue weighted by atomic mass is 10.1. The molecule has 16 heavy (non-hydrogen) atoms. The first-order chi connectivity index (χ1) is 7.63. The highest BCUT2D eigenvalue weighted by molar-refractivity contribution is 5.81. The molecule has 0 fully saturated rings. The Labute approximate surface area is 92.2 Å². The molecule has 0 unspecified atom stereocenters. The highest BCUT2D eigenvalue weighted by atomic mass is 16.5. The number of carbonyl (C=O) groups is 2. The molecule has 0 spiro atoms. The molecule has 2 amide bonds. The highest BCUT2D eigenvalue weighted by Gasteiger charge is 2.08. The molecule has 0 saturated heterocycles. The Morgan fingerprint density at radius 3 is 2.62 bits per heavy atom. The second kappa shape index (κ2) is 5.59. The number of carbonyl (C=O) groups excluding carboxylic acids is 1. The van der Waals surface area contributed by atoms with Crippen molar-refractivity contribution in [1.29, 1.82) is 0 Å². The fourth-order valence-corrected chi connectivity index (χ4v) is 1.19. The number of hydrogen-bond acceptors (Lipinski definition) is 3. The van der Waals surface area contributed by atoms with E-state index in [-0.39, 0.29) is 6.42 Å². The van der Waals surface area contributed by atoms with E-state index in [1.165, 1.54) is 7.11 Å². The molecule has 1 aromatic rings. The molecule has 0 heterocycles.